The lowest BCUT2D eigenvalue weighted by atomic mass is 10.1. The van der Waals surface area contributed by atoms with Gasteiger partial charge >= 0.3 is 6.09 Å². The summed E-state index contributed by atoms with van der Waals surface area (Å²) in [6.07, 6.45) is -0.553. The molecule has 1 aromatic rings. The molecule has 0 radical (unpaired) electrons. The number of aliphatic hydroxyl groups is 1. The summed E-state index contributed by atoms with van der Waals surface area (Å²) < 4.78 is 11.8. The number of aliphatic hydroxyl groups excluding tert-OH is 1. The number of rotatable bonds is 4. The number of hydrogen-bond donors (Lipinski definition) is 1. The number of nitrogens with zero attached hydrogens (tertiary/aromatic N) is 1. The molecule has 1 aliphatic heterocycles. The fourth-order valence-electron chi connectivity index (χ4n) is 2.67. The van der Waals surface area contributed by atoms with Gasteiger partial charge in [0, 0.05) is 13.0 Å². The van der Waals surface area contributed by atoms with Gasteiger partial charge in [-0.05, 0) is 23.7 Å². The van der Waals surface area contributed by atoms with E-state index in [1.165, 1.54) is 0 Å². The molecule has 1 aliphatic rings. The van der Waals surface area contributed by atoms with Gasteiger partial charge in [0.25, 0.3) is 0 Å². The van der Waals surface area contributed by atoms with E-state index >= 15 is 0 Å². The van der Waals surface area contributed by atoms with Crippen molar-refractivity contribution in [1.82, 2.24) is 4.90 Å². The second-order valence-electron chi connectivity index (χ2n) is 8.33. The molecule has 6 heteroatoms. The lowest BCUT2D eigenvalue weighted by molar-refractivity contribution is -0.00624. The Labute approximate surface area is 152 Å². The van der Waals surface area contributed by atoms with Crippen LogP contribution < -0.4 is 0 Å². The maximum absolute atomic E-state index is 12.4. The zero-order chi connectivity index (χ0) is 18.7. The van der Waals surface area contributed by atoms with Gasteiger partial charge in [-0.25, -0.2) is 4.79 Å². The van der Waals surface area contributed by atoms with Crippen LogP contribution in [0.4, 0.5) is 4.79 Å². The molecule has 5 nitrogen and oxygen atoms in total. The first kappa shape index (κ1) is 19.9. The highest BCUT2D eigenvalue weighted by molar-refractivity contribution is 6.74. The normalized spacial score (nSPS) is 21.9. The SMILES string of the molecule is CC(C)(C)[Si](C)(C)O[C@@H]1C[C@@H](O)CN(C(=O)OCc2ccccc2)C1. The highest BCUT2D eigenvalue weighted by Crippen LogP contribution is 2.38. The third-order valence-electron chi connectivity index (χ3n) is 5.12. The second kappa shape index (κ2) is 7.89. The van der Waals surface area contributed by atoms with Crippen molar-refractivity contribution < 1.29 is 19.1 Å². The molecule has 0 spiro atoms. The number of carbonyl (C=O) groups excluding carboxylic acids is 1. The van der Waals surface area contributed by atoms with Crippen LogP contribution in [0.1, 0.15) is 32.8 Å². The number of ether oxygens (including phenoxy) is 1. The van der Waals surface area contributed by atoms with Gasteiger partial charge in [0.2, 0.25) is 0 Å². The average Bonchev–Trinajstić information content (AvgIpc) is 2.51. The summed E-state index contributed by atoms with van der Waals surface area (Å²) in [5.41, 5.74) is 0.947. The van der Waals surface area contributed by atoms with E-state index in [1.807, 2.05) is 30.3 Å². The van der Waals surface area contributed by atoms with E-state index in [0.717, 1.165) is 5.56 Å². The Hall–Kier alpha value is -1.37. The summed E-state index contributed by atoms with van der Waals surface area (Å²) in [4.78, 5) is 13.9. The van der Waals surface area contributed by atoms with Gasteiger partial charge in [0.1, 0.15) is 6.61 Å². The topological polar surface area (TPSA) is 59.0 Å². The molecule has 140 valence electrons. The van der Waals surface area contributed by atoms with Crippen molar-refractivity contribution in [3.05, 3.63) is 35.9 Å². The number of carbonyl (C=O) groups is 1. The molecular formula is C19H31NO4Si. The van der Waals surface area contributed by atoms with Crippen molar-refractivity contribution >= 4 is 14.4 Å². The van der Waals surface area contributed by atoms with Crippen LogP contribution in [0.3, 0.4) is 0 Å². The number of β-amino-alcohol motifs (C(OH)–C–C–N with tert-alkyl or cyclic N) is 1. The molecule has 1 saturated heterocycles. The molecule has 0 unspecified atom stereocenters. The Bertz CT molecular complexity index is 571. The predicted molar refractivity (Wildman–Crippen MR) is 101 cm³/mol. The van der Waals surface area contributed by atoms with E-state index in [1.54, 1.807) is 4.90 Å². The zero-order valence-corrected chi connectivity index (χ0v) is 17.0. The first-order chi connectivity index (χ1) is 11.6. The Morgan fingerprint density at radius 2 is 1.88 bits per heavy atom. The second-order valence-corrected chi connectivity index (χ2v) is 13.1. The van der Waals surface area contributed by atoms with Crippen LogP contribution in [0.15, 0.2) is 30.3 Å². The molecule has 1 aromatic carbocycles. The Balaban J connectivity index is 1.94. The molecule has 0 aliphatic carbocycles. The summed E-state index contributed by atoms with van der Waals surface area (Å²) in [6, 6.07) is 9.59. The van der Waals surface area contributed by atoms with Gasteiger partial charge in [-0.15, -0.1) is 0 Å². The highest BCUT2D eigenvalue weighted by atomic mass is 28.4. The van der Waals surface area contributed by atoms with Crippen LogP contribution in [0.25, 0.3) is 0 Å². The molecule has 0 bridgehead atoms. The third kappa shape index (κ3) is 5.56. The van der Waals surface area contributed by atoms with E-state index in [-0.39, 0.29) is 17.7 Å². The molecule has 2 atom stereocenters. The van der Waals surface area contributed by atoms with Gasteiger partial charge < -0.3 is 19.2 Å². The Morgan fingerprint density at radius 3 is 2.48 bits per heavy atom. The van der Waals surface area contributed by atoms with Gasteiger partial charge in [-0.2, -0.15) is 0 Å². The minimum atomic E-state index is -1.95. The molecule has 2 rings (SSSR count). The fraction of sp³-hybridized carbons (Fsp3) is 0.632. The van der Waals surface area contributed by atoms with Crippen LogP contribution in [0.2, 0.25) is 18.1 Å². The van der Waals surface area contributed by atoms with Gasteiger partial charge in [0.15, 0.2) is 8.32 Å². The monoisotopic (exact) mass is 365 g/mol. The number of hydrogen-bond acceptors (Lipinski definition) is 4. The standard InChI is InChI=1S/C19H31NO4Si/c1-19(2,3)25(4,5)24-17-11-16(21)12-20(13-17)18(22)23-14-15-9-7-6-8-10-15/h6-10,16-17,21H,11-14H2,1-5H3/t16-,17-/m1/s1. The smallest absolute Gasteiger partial charge is 0.410 e. The molecule has 1 fully saturated rings. The highest BCUT2D eigenvalue weighted by Gasteiger charge is 2.41. The molecule has 0 aromatic heterocycles. The van der Waals surface area contributed by atoms with E-state index in [0.29, 0.717) is 19.5 Å². The van der Waals surface area contributed by atoms with Gasteiger partial charge in [-0.3, -0.25) is 0 Å². The first-order valence-corrected chi connectivity index (χ1v) is 11.8. The van der Waals surface area contributed by atoms with Crippen molar-refractivity contribution in [2.45, 2.75) is 64.1 Å². The summed E-state index contributed by atoms with van der Waals surface area (Å²) >= 11 is 0. The number of amides is 1. The van der Waals surface area contributed by atoms with Crippen LogP contribution >= 0.6 is 0 Å². The number of benzene rings is 1. The van der Waals surface area contributed by atoms with E-state index in [9.17, 15) is 9.90 Å². The fourth-order valence-corrected chi connectivity index (χ4v) is 4.02. The minimum absolute atomic E-state index is 0.0913. The summed E-state index contributed by atoms with van der Waals surface area (Å²) in [5.74, 6) is 0. The summed E-state index contributed by atoms with van der Waals surface area (Å²) in [5, 5.41) is 10.3. The van der Waals surface area contributed by atoms with E-state index in [4.69, 9.17) is 9.16 Å². The quantitative estimate of drug-likeness (QED) is 0.825. The minimum Gasteiger partial charge on any atom is -0.445 e. The van der Waals surface area contributed by atoms with Crippen molar-refractivity contribution in [2.24, 2.45) is 0 Å². The lowest BCUT2D eigenvalue weighted by Crippen LogP contribution is -2.53. The number of likely N-dealkylation sites (tertiary alicyclic amines) is 1. The largest absolute Gasteiger partial charge is 0.445 e. The van der Waals surface area contributed by atoms with Crippen molar-refractivity contribution in [2.75, 3.05) is 13.1 Å². The average molecular weight is 366 g/mol. The maximum Gasteiger partial charge on any atom is 0.410 e. The van der Waals surface area contributed by atoms with Gasteiger partial charge in [0.05, 0.1) is 18.8 Å². The molecule has 1 amide bonds. The molecular weight excluding hydrogens is 334 g/mol. The van der Waals surface area contributed by atoms with E-state index < -0.39 is 20.5 Å². The van der Waals surface area contributed by atoms with Crippen molar-refractivity contribution in [3.8, 4) is 0 Å². The Morgan fingerprint density at radius 1 is 1.24 bits per heavy atom. The molecule has 0 saturated carbocycles. The van der Waals surface area contributed by atoms with Crippen LogP contribution in [-0.2, 0) is 15.8 Å². The molecule has 25 heavy (non-hydrogen) atoms. The summed E-state index contributed by atoms with van der Waals surface area (Å²) in [6.45, 7) is 11.9. The van der Waals surface area contributed by atoms with Crippen molar-refractivity contribution in [3.63, 3.8) is 0 Å². The van der Waals surface area contributed by atoms with E-state index in [2.05, 4.69) is 33.9 Å². The third-order valence-corrected chi connectivity index (χ3v) is 9.66. The number of piperidine rings is 1. The van der Waals surface area contributed by atoms with Crippen LogP contribution in [0, 0.1) is 0 Å². The first-order valence-electron chi connectivity index (χ1n) is 8.90. The Kier molecular flexibility index (Phi) is 6.29. The summed E-state index contributed by atoms with van der Waals surface area (Å²) in [7, 11) is -1.95. The van der Waals surface area contributed by atoms with Crippen LogP contribution in [0.5, 0.6) is 0 Å². The molecule has 1 heterocycles. The lowest BCUT2D eigenvalue weighted by Gasteiger charge is -2.43. The maximum atomic E-state index is 12.4. The molecule has 1 N–H and O–H groups in total. The zero-order valence-electron chi connectivity index (χ0n) is 16.0. The predicted octanol–water partition coefficient (Wildman–Crippen LogP) is 3.78. The van der Waals surface area contributed by atoms with Crippen molar-refractivity contribution in [1.29, 1.82) is 0 Å². The van der Waals surface area contributed by atoms with Crippen LogP contribution in [-0.4, -0.2) is 49.7 Å². The van der Waals surface area contributed by atoms with Gasteiger partial charge in [-0.1, -0.05) is 51.1 Å².